The minimum atomic E-state index is -1.90. The zero-order chi connectivity index (χ0) is 54.7. The van der Waals surface area contributed by atoms with E-state index in [0.717, 1.165) is 96.3 Å². The molecule has 1 saturated heterocycles. The number of hydrogen-bond donors (Lipinski definition) is 3. The molecular weight excluding hydrogens is 949 g/mol. The van der Waals surface area contributed by atoms with E-state index in [-0.39, 0.29) is 25.9 Å². The highest BCUT2D eigenvalue weighted by Gasteiger charge is 2.50. The predicted octanol–water partition coefficient (Wildman–Crippen LogP) is 16.2. The van der Waals surface area contributed by atoms with E-state index in [1.54, 1.807) is 0 Å². The van der Waals surface area contributed by atoms with Gasteiger partial charge in [-0.15, -0.1) is 0 Å². The molecule has 0 aliphatic carbocycles. The summed E-state index contributed by atoms with van der Waals surface area (Å²) in [5, 5.41) is 31.5. The Bertz CT molecular complexity index is 1400. The molecule has 0 saturated carbocycles. The highest BCUT2D eigenvalue weighted by Crippen LogP contribution is 2.27. The van der Waals surface area contributed by atoms with Crippen molar-refractivity contribution in [3.63, 3.8) is 0 Å². The lowest BCUT2D eigenvalue weighted by molar-refractivity contribution is -0.301. The molecule has 1 fully saturated rings. The second kappa shape index (κ2) is 51.9. The van der Waals surface area contributed by atoms with Gasteiger partial charge >= 0.3 is 23.9 Å². The smallest absolute Gasteiger partial charge is 0.335 e. The van der Waals surface area contributed by atoms with Crippen molar-refractivity contribution in [3.05, 3.63) is 24.3 Å². The number of aliphatic hydroxyl groups excluding tert-OH is 2. The normalized spacial score (nSPS) is 18.2. The first-order valence-corrected chi connectivity index (χ1v) is 31.3. The Balaban J connectivity index is 2.62. The lowest BCUT2D eigenvalue weighted by atomic mass is 9.98. The van der Waals surface area contributed by atoms with Crippen molar-refractivity contribution in [2.45, 2.75) is 340 Å². The Hall–Kier alpha value is -2.80. The van der Waals surface area contributed by atoms with Gasteiger partial charge in [0, 0.05) is 19.3 Å². The number of unbranched alkanes of at least 4 members (excludes halogenated alkanes) is 36. The van der Waals surface area contributed by atoms with E-state index in [4.69, 9.17) is 23.7 Å². The third-order valence-corrected chi connectivity index (χ3v) is 14.5. The van der Waals surface area contributed by atoms with Crippen molar-refractivity contribution in [2.75, 3.05) is 13.2 Å². The molecule has 1 aliphatic rings. The van der Waals surface area contributed by atoms with E-state index < -0.39 is 67.3 Å². The number of carbonyl (C=O) groups excluding carboxylic acids is 3. The van der Waals surface area contributed by atoms with Gasteiger partial charge in [0.05, 0.1) is 6.61 Å². The molecule has 75 heavy (non-hydrogen) atoms. The van der Waals surface area contributed by atoms with Crippen LogP contribution in [0.15, 0.2) is 24.3 Å². The van der Waals surface area contributed by atoms with Crippen LogP contribution in [0.25, 0.3) is 0 Å². The second-order valence-corrected chi connectivity index (χ2v) is 21.7. The van der Waals surface area contributed by atoms with Gasteiger partial charge in [-0.05, 0) is 64.2 Å². The van der Waals surface area contributed by atoms with E-state index >= 15 is 0 Å². The molecule has 3 N–H and O–H groups in total. The molecule has 1 aliphatic heterocycles. The molecule has 12 nitrogen and oxygen atoms in total. The summed E-state index contributed by atoms with van der Waals surface area (Å²) >= 11 is 0. The maximum absolute atomic E-state index is 13.1. The van der Waals surface area contributed by atoms with Crippen LogP contribution in [-0.2, 0) is 42.9 Å². The molecule has 6 atom stereocenters. The topological polar surface area (TPSA) is 175 Å². The maximum atomic E-state index is 13.1. The summed E-state index contributed by atoms with van der Waals surface area (Å²) in [5.41, 5.74) is 0. The van der Waals surface area contributed by atoms with Gasteiger partial charge in [-0.2, -0.15) is 0 Å². The number of carboxylic acid groups (broad SMARTS) is 1. The van der Waals surface area contributed by atoms with Crippen LogP contribution in [-0.4, -0.2) is 89.2 Å². The largest absolute Gasteiger partial charge is 0.479 e. The summed E-state index contributed by atoms with van der Waals surface area (Å²) in [7, 11) is 0. The molecule has 0 amide bonds. The van der Waals surface area contributed by atoms with Gasteiger partial charge in [0.15, 0.2) is 24.6 Å². The van der Waals surface area contributed by atoms with Crippen molar-refractivity contribution in [1.29, 1.82) is 0 Å². The summed E-state index contributed by atoms with van der Waals surface area (Å²) < 4.78 is 28.4. The molecule has 0 spiro atoms. The summed E-state index contributed by atoms with van der Waals surface area (Å²) in [4.78, 5) is 51.1. The highest BCUT2D eigenvalue weighted by atomic mass is 16.7. The fourth-order valence-corrected chi connectivity index (χ4v) is 9.64. The lowest BCUT2D eigenvalue weighted by Gasteiger charge is -2.40. The molecule has 0 aromatic carbocycles. The van der Waals surface area contributed by atoms with Gasteiger partial charge in [0.2, 0.25) is 0 Å². The maximum Gasteiger partial charge on any atom is 0.335 e. The van der Waals surface area contributed by atoms with Crippen molar-refractivity contribution in [2.24, 2.45) is 0 Å². The number of hydrogen-bond acceptors (Lipinski definition) is 11. The Labute approximate surface area is 458 Å². The van der Waals surface area contributed by atoms with Gasteiger partial charge in [0.25, 0.3) is 0 Å². The van der Waals surface area contributed by atoms with Crippen LogP contribution in [0, 0.1) is 0 Å². The minimum absolute atomic E-state index is 0.0539. The van der Waals surface area contributed by atoms with Gasteiger partial charge in [-0.25, -0.2) is 4.79 Å². The van der Waals surface area contributed by atoms with Gasteiger partial charge < -0.3 is 39.0 Å². The number of esters is 3. The summed E-state index contributed by atoms with van der Waals surface area (Å²) in [6.07, 6.45) is 47.2. The fourth-order valence-electron chi connectivity index (χ4n) is 9.64. The van der Waals surface area contributed by atoms with Crippen LogP contribution < -0.4 is 0 Å². The van der Waals surface area contributed by atoms with Crippen LogP contribution in [0.3, 0.4) is 0 Å². The molecule has 6 unspecified atom stereocenters. The number of carbonyl (C=O) groups is 4. The molecule has 1 heterocycles. The van der Waals surface area contributed by atoms with E-state index in [1.165, 1.54) is 148 Å². The molecule has 438 valence electrons. The average Bonchev–Trinajstić information content (AvgIpc) is 3.39. The van der Waals surface area contributed by atoms with Crippen LogP contribution in [0.4, 0.5) is 0 Å². The number of aliphatic carboxylic acids is 1. The van der Waals surface area contributed by atoms with Crippen molar-refractivity contribution < 1.29 is 58.2 Å². The van der Waals surface area contributed by atoms with Crippen LogP contribution in [0.5, 0.6) is 0 Å². The van der Waals surface area contributed by atoms with Crippen LogP contribution in [0.2, 0.25) is 0 Å². The van der Waals surface area contributed by atoms with Crippen molar-refractivity contribution >= 4 is 23.9 Å². The first kappa shape index (κ1) is 70.2. The monoisotopic (exact) mass is 1060 g/mol. The zero-order valence-corrected chi connectivity index (χ0v) is 48.3. The molecule has 0 aromatic heterocycles. The third kappa shape index (κ3) is 41.9. The second-order valence-electron chi connectivity index (χ2n) is 21.7. The average molecular weight is 1060 g/mol. The molecule has 0 radical (unpaired) electrons. The summed E-state index contributed by atoms with van der Waals surface area (Å²) in [5.74, 6) is -3.11. The first-order valence-electron chi connectivity index (χ1n) is 31.3. The summed E-state index contributed by atoms with van der Waals surface area (Å²) in [6.45, 7) is 5.97. The van der Waals surface area contributed by atoms with E-state index in [9.17, 15) is 34.5 Å². The Morgan fingerprint density at radius 3 is 1.17 bits per heavy atom. The van der Waals surface area contributed by atoms with E-state index in [1.807, 2.05) is 0 Å². The number of aliphatic hydroxyl groups is 2. The number of ether oxygens (including phenoxy) is 5. The molecule has 12 heteroatoms. The SMILES string of the molecule is CCCC/C=C\CCCCCCCC(=O)OC(COC(=O)CCCCCCCCCCCCCCCCCCCCC)COC1OC(C(=O)O)C(O)C(O)C1OC(=O)CCCCCCC/C=C\CCCCCCCC. The Kier molecular flexibility index (Phi) is 48.6. The van der Waals surface area contributed by atoms with E-state index in [0.29, 0.717) is 19.3 Å². The molecule has 1 rings (SSSR count). The van der Waals surface area contributed by atoms with Crippen LogP contribution >= 0.6 is 0 Å². The standard InChI is InChI=1S/C63H114O12/c1-4-7-10-13-16-19-22-24-26-27-28-29-31-32-35-37-40-43-46-49-55(64)71-52-54(73-56(65)50-47-44-41-38-34-21-18-15-12-9-6-3)53-72-63-61(59(68)58(67)60(75-63)62(69)70)74-57(66)51-48-45-42-39-36-33-30-25-23-20-17-14-11-8-5-2/h15,18,25,30,54,58-61,63,67-68H,4-14,16-17,19-24,26-29,31-53H2,1-3H3,(H,69,70)/b18-15-,30-25-. The molecule has 0 aromatic rings. The number of rotatable bonds is 54. The molecule has 0 bridgehead atoms. The fraction of sp³-hybridized carbons (Fsp3) is 0.873. The van der Waals surface area contributed by atoms with Crippen LogP contribution in [0.1, 0.15) is 303 Å². The molecular formula is C63H114O12. The predicted molar refractivity (Wildman–Crippen MR) is 303 cm³/mol. The van der Waals surface area contributed by atoms with Crippen molar-refractivity contribution in [1.82, 2.24) is 0 Å². The lowest BCUT2D eigenvalue weighted by Crippen LogP contribution is -2.61. The summed E-state index contributed by atoms with van der Waals surface area (Å²) in [6, 6.07) is 0. The Morgan fingerprint density at radius 2 is 0.773 bits per heavy atom. The zero-order valence-electron chi connectivity index (χ0n) is 48.3. The van der Waals surface area contributed by atoms with Gasteiger partial charge in [-0.1, -0.05) is 244 Å². The first-order chi connectivity index (χ1) is 36.6. The minimum Gasteiger partial charge on any atom is -0.479 e. The van der Waals surface area contributed by atoms with Crippen molar-refractivity contribution in [3.8, 4) is 0 Å². The quantitative estimate of drug-likeness (QED) is 0.0228. The third-order valence-electron chi connectivity index (χ3n) is 14.5. The van der Waals surface area contributed by atoms with Gasteiger partial charge in [0.1, 0.15) is 18.8 Å². The van der Waals surface area contributed by atoms with Gasteiger partial charge in [-0.3, -0.25) is 14.4 Å². The highest BCUT2D eigenvalue weighted by molar-refractivity contribution is 5.74. The Morgan fingerprint density at radius 1 is 0.427 bits per heavy atom. The number of allylic oxidation sites excluding steroid dienone is 4. The number of carboxylic acids is 1. The van der Waals surface area contributed by atoms with E-state index in [2.05, 4.69) is 45.1 Å².